The SMILES string of the molecule is COC(CC(=O)Nc1ccc(Br)cc1)OC. The second-order valence-corrected chi connectivity index (χ2v) is 4.08. The fourth-order valence-electron chi connectivity index (χ4n) is 1.16. The van der Waals surface area contributed by atoms with Gasteiger partial charge in [0, 0.05) is 24.4 Å². The Morgan fingerprint density at radius 3 is 2.38 bits per heavy atom. The monoisotopic (exact) mass is 287 g/mol. The molecule has 0 fully saturated rings. The first kappa shape index (κ1) is 13.2. The van der Waals surface area contributed by atoms with Crippen LogP contribution < -0.4 is 5.32 Å². The van der Waals surface area contributed by atoms with Gasteiger partial charge in [-0.1, -0.05) is 15.9 Å². The second-order valence-electron chi connectivity index (χ2n) is 3.16. The molecule has 1 aromatic rings. The van der Waals surface area contributed by atoms with Gasteiger partial charge in [-0.15, -0.1) is 0 Å². The molecule has 0 saturated carbocycles. The average Bonchev–Trinajstić information content (AvgIpc) is 2.29. The largest absolute Gasteiger partial charge is 0.355 e. The van der Waals surface area contributed by atoms with Crippen LogP contribution >= 0.6 is 15.9 Å². The number of benzene rings is 1. The molecule has 0 atom stereocenters. The van der Waals surface area contributed by atoms with Gasteiger partial charge in [0.1, 0.15) is 0 Å². The van der Waals surface area contributed by atoms with Gasteiger partial charge in [-0.05, 0) is 24.3 Å². The number of hydrogen-bond donors (Lipinski definition) is 1. The van der Waals surface area contributed by atoms with E-state index in [1.54, 1.807) is 0 Å². The molecule has 0 aliphatic carbocycles. The molecule has 0 saturated heterocycles. The van der Waals surface area contributed by atoms with Crippen molar-refractivity contribution in [2.24, 2.45) is 0 Å². The summed E-state index contributed by atoms with van der Waals surface area (Å²) in [4.78, 5) is 11.5. The summed E-state index contributed by atoms with van der Waals surface area (Å²) in [5.41, 5.74) is 0.749. The van der Waals surface area contributed by atoms with Gasteiger partial charge in [-0.3, -0.25) is 4.79 Å². The number of carbonyl (C=O) groups is 1. The van der Waals surface area contributed by atoms with Crippen LogP contribution in [0.5, 0.6) is 0 Å². The van der Waals surface area contributed by atoms with Crippen LogP contribution in [-0.4, -0.2) is 26.4 Å². The lowest BCUT2D eigenvalue weighted by Crippen LogP contribution is -2.22. The van der Waals surface area contributed by atoms with Crippen molar-refractivity contribution in [3.8, 4) is 0 Å². The summed E-state index contributed by atoms with van der Waals surface area (Å²) >= 11 is 3.32. The fourth-order valence-corrected chi connectivity index (χ4v) is 1.42. The van der Waals surface area contributed by atoms with Crippen LogP contribution in [0.1, 0.15) is 6.42 Å². The van der Waals surface area contributed by atoms with Crippen molar-refractivity contribution in [2.75, 3.05) is 19.5 Å². The lowest BCUT2D eigenvalue weighted by molar-refractivity contribution is -0.134. The van der Waals surface area contributed by atoms with E-state index in [4.69, 9.17) is 9.47 Å². The normalized spacial score (nSPS) is 10.5. The first-order valence-electron chi connectivity index (χ1n) is 4.76. The number of anilines is 1. The molecule has 4 nitrogen and oxygen atoms in total. The molecule has 0 spiro atoms. The highest BCUT2D eigenvalue weighted by molar-refractivity contribution is 9.10. The molecule has 16 heavy (non-hydrogen) atoms. The number of ether oxygens (including phenoxy) is 2. The number of amides is 1. The maximum absolute atomic E-state index is 11.5. The van der Waals surface area contributed by atoms with E-state index in [1.165, 1.54) is 14.2 Å². The van der Waals surface area contributed by atoms with Gasteiger partial charge in [0.15, 0.2) is 6.29 Å². The molecule has 0 aliphatic rings. The highest BCUT2D eigenvalue weighted by Gasteiger charge is 2.11. The Morgan fingerprint density at radius 1 is 1.31 bits per heavy atom. The maximum atomic E-state index is 11.5. The predicted molar refractivity (Wildman–Crippen MR) is 65.2 cm³/mol. The van der Waals surface area contributed by atoms with E-state index >= 15 is 0 Å². The van der Waals surface area contributed by atoms with Gasteiger partial charge in [0.25, 0.3) is 0 Å². The Balaban J connectivity index is 2.48. The summed E-state index contributed by atoms with van der Waals surface area (Å²) in [6.07, 6.45) is -0.335. The second kappa shape index (κ2) is 6.62. The van der Waals surface area contributed by atoms with Gasteiger partial charge in [0.05, 0.1) is 6.42 Å². The Kier molecular flexibility index (Phi) is 5.45. The van der Waals surface area contributed by atoms with Crippen molar-refractivity contribution in [3.05, 3.63) is 28.7 Å². The predicted octanol–water partition coefficient (Wildman–Crippen LogP) is 2.40. The van der Waals surface area contributed by atoms with Gasteiger partial charge >= 0.3 is 0 Å². The Bertz CT molecular complexity index is 336. The Morgan fingerprint density at radius 2 is 1.88 bits per heavy atom. The number of nitrogens with one attached hydrogen (secondary N) is 1. The van der Waals surface area contributed by atoms with Crippen molar-refractivity contribution >= 4 is 27.5 Å². The molecule has 1 N–H and O–H groups in total. The molecular formula is C11H14BrNO3. The molecule has 1 aromatic carbocycles. The molecular weight excluding hydrogens is 274 g/mol. The number of rotatable bonds is 5. The average molecular weight is 288 g/mol. The lowest BCUT2D eigenvalue weighted by atomic mass is 10.3. The van der Waals surface area contributed by atoms with E-state index in [0.29, 0.717) is 0 Å². The van der Waals surface area contributed by atoms with E-state index in [-0.39, 0.29) is 12.3 Å². The quantitative estimate of drug-likeness (QED) is 0.846. The zero-order chi connectivity index (χ0) is 12.0. The maximum Gasteiger partial charge on any atom is 0.229 e. The van der Waals surface area contributed by atoms with Crippen molar-refractivity contribution < 1.29 is 14.3 Å². The number of halogens is 1. The van der Waals surface area contributed by atoms with Crippen LogP contribution in [0.25, 0.3) is 0 Å². The first-order chi connectivity index (χ1) is 7.65. The molecule has 0 bridgehead atoms. The number of methoxy groups -OCH3 is 2. The molecule has 88 valence electrons. The molecule has 0 aliphatic heterocycles. The van der Waals surface area contributed by atoms with Crippen molar-refractivity contribution in [1.29, 1.82) is 0 Å². The lowest BCUT2D eigenvalue weighted by Gasteiger charge is -2.12. The molecule has 1 rings (SSSR count). The zero-order valence-electron chi connectivity index (χ0n) is 9.20. The topological polar surface area (TPSA) is 47.6 Å². The van der Waals surface area contributed by atoms with E-state index in [9.17, 15) is 4.79 Å². The van der Waals surface area contributed by atoms with Crippen LogP contribution in [0, 0.1) is 0 Å². The molecule has 0 radical (unpaired) electrons. The summed E-state index contributed by atoms with van der Waals surface area (Å²) in [5, 5.41) is 2.75. The smallest absolute Gasteiger partial charge is 0.229 e. The van der Waals surface area contributed by atoms with Crippen molar-refractivity contribution in [1.82, 2.24) is 0 Å². The zero-order valence-corrected chi connectivity index (χ0v) is 10.8. The summed E-state index contributed by atoms with van der Waals surface area (Å²) in [7, 11) is 3.00. The van der Waals surface area contributed by atoms with Crippen molar-refractivity contribution in [2.45, 2.75) is 12.7 Å². The van der Waals surface area contributed by atoms with E-state index < -0.39 is 6.29 Å². The molecule has 0 heterocycles. The van der Waals surface area contributed by atoms with E-state index in [0.717, 1.165) is 10.2 Å². The van der Waals surface area contributed by atoms with Gasteiger partial charge in [-0.25, -0.2) is 0 Å². The van der Waals surface area contributed by atoms with Crippen LogP contribution in [-0.2, 0) is 14.3 Å². The van der Waals surface area contributed by atoms with Crippen LogP contribution in [0.4, 0.5) is 5.69 Å². The third-order valence-corrected chi connectivity index (χ3v) is 2.53. The standard InChI is InChI=1S/C11H14BrNO3/c1-15-11(16-2)7-10(14)13-9-5-3-8(12)4-6-9/h3-6,11H,7H2,1-2H3,(H,13,14). The minimum absolute atomic E-state index is 0.143. The van der Waals surface area contributed by atoms with Gasteiger partial charge < -0.3 is 14.8 Å². The first-order valence-corrected chi connectivity index (χ1v) is 5.56. The summed E-state index contributed by atoms with van der Waals surface area (Å²) in [6, 6.07) is 7.35. The van der Waals surface area contributed by atoms with Crippen LogP contribution in [0.2, 0.25) is 0 Å². The Labute approximate surface area is 103 Å². The van der Waals surface area contributed by atoms with Gasteiger partial charge in [0.2, 0.25) is 5.91 Å². The molecule has 0 aromatic heterocycles. The fraction of sp³-hybridized carbons (Fsp3) is 0.364. The van der Waals surface area contributed by atoms with Crippen molar-refractivity contribution in [3.63, 3.8) is 0 Å². The highest BCUT2D eigenvalue weighted by atomic mass is 79.9. The third kappa shape index (κ3) is 4.30. The minimum atomic E-state index is -0.504. The molecule has 0 unspecified atom stereocenters. The van der Waals surface area contributed by atoms with Crippen LogP contribution in [0.15, 0.2) is 28.7 Å². The third-order valence-electron chi connectivity index (χ3n) is 2.01. The molecule has 1 amide bonds. The Hall–Kier alpha value is -0.910. The summed E-state index contributed by atoms with van der Waals surface area (Å²) < 4.78 is 10.8. The summed E-state index contributed by atoms with van der Waals surface area (Å²) in [5.74, 6) is -0.143. The number of hydrogen-bond acceptors (Lipinski definition) is 3. The number of carbonyl (C=O) groups excluding carboxylic acids is 1. The highest BCUT2D eigenvalue weighted by Crippen LogP contribution is 2.14. The minimum Gasteiger partial charge on any atom is -0.355 e. The van der Waals surface area contributed by atoms with E-state index in [2.05, 4.69) is 21.2 Å². The summed E-state index contributed by atoms with van der Waals surface area (Å²) in [6.45, 7) is 0. The van der Waals surface area contributed by atoms with Crippen LogP contribution in [0.3, 0.4) is 0 Å². The van der Waals surface area contributed by atoms with Gasteiger partial charge in [-0.2, -0.15) is 0 Å². The van der Waals surface area contributed by atoms with E-state index in [1.807, 2.05) is 24.3 Å². The molecule has 5 heteroatoms.